The number of carboxylic acid groups (broad SMARTS) is 1. The monoisotopic (exact) mass is 235 g/mol. The maximum atomic E-state index is 10.3. The van der Waals surface area contributed by atoms with E-state index in [1.54, 1.807) is 10.1 Å². The van der Waals surface area contributed by atoms with Crippen molar-refractivity contribution in [2.75, 3.05) is 0 Å². The molecule has 0 atom stereocenters. The zero-order valence-corrected chi connectivity index (χ0v) is 9.31. The fourth-order valence-corrected chi connectivity index (χ4v) is 1.92. The van der Waals surface area contributed by atoms with Crippen molar-refractivity contribution in [3.63, 3.8) is 0 Å². The van der Waals surface area contributed by atoms with E-state index in [0.29, 0.717) is 5.69 Å². The van der Waals surface area contributed by atoms with E-state index in [4.69, 9.17) is 5.11 Å². The molecule has 0 aliphatic carbocycles. The first-order valence-electron chi connectivity index (χ1n) is 4.52. The first-order chi connectivity index (χ1) is 7.65. The number of hydrogen-bond acceptors (Lipinski definition) is 4. The SMILES string of the molecule is Cn1ccc(-c2nc(/C=C/C(=O)O)cs2)n1. The van der Waals surface area contributed by atoms with Crippen LogP contribution in [-0.2, 0) is 11.8 Å². The minimum absolute atomic E-state index is 0.632. The standard InChI is InChI=1S/C10H9N3O2S/c1-13-5-4-8(12-13)10-11-7(6-16-10)2-3-9(14)15/h2-6H,1H3,(H,14,15)/b3-2+. The minimum Gasteiger partial charge on any atom is -0.478 e. The summed E-state index contributed by atoms with van der Waals surface area (Å²) in [6, 6.07) is 1.86. The van der Waals surface area contributed by atoms with Gasteiger partial charge in [-0.05, 0) is 12.1 Å². The Kier molecular flexibility index (Phi) is 2.82. The van der Waals surface area contributed by atoms with E-state index >= 15 is 0 Å². The first-order valence-corrected chi connectivity index (χ1v) is 5.39. The number of rotatable bonds is 3. The predicted molar refractivity (Wildman–Crippen MR) is 61.0 cm³/mol. The lowest BCUT2D eigenvalue weighted by molar-refractivity contribution is -0.131. The van der Waals surface area contributed by atoms with E-state index in [1.165, 1.54) is 17.4 Å². The van der Waals surface area contributed by atoms with Gasteiger partial charge in [0, 0.05) is 24.7 Å². The molecule has 0 saturated carbocycles. The van der Waals surface area contributed by atoms with Crippen LogP contribution in [-0.4, -0.2) is 25.8 Å². The summed E-state index contributed by atoms with van der Waals surface area (Å²) < 4.78 is 1.70. The summed E-state index contributed by atoms with van der Waals surface area (Å²) in [7, 11) is 1.84. The number of carbonyl (C=O) groups is 1. The van der Waals surface area contributed by atoms with Gasteiger partial charge in [0.25, 0.3) is 0 Å². The molecule has 82 valence electrons. The molecule has 0 amide bonds. The Morgan fingerprint density at radius 2 is 2.44 bits per heavy atom. The molecule has 2 aromatic heterocycles. The smallest absolute Gasteiger partial charge is 0.328 e. The number of hydrogen-bond donors (Lipinski definition) is 1. The zero-order chi connectivity index (χ0) is 11.5. The number of aliphatic carboxylic acids is 1. The average Bonchev–Trinajstić information content (AvgIpc) is 2.83. The van der Waals surface area contributed by atoms with Gasteiger partial charge in [0.05, 0.1) is 5.69 Å². The highest BCUT2D eigenvalue weighted by Gasteiger charge is 2.05. The molecule has 0 aliphatic heterocycles. The van der Waals surface area contributed by atoms with Gasteiger partial charge in [0.2, 0.25) is 0 Å². The van der Waals surface area contributed by atoms with Gasteiger partial charge in [-0.25, -0.2) is 9.78 Å². The summed E-state index contributed by atoms with van der Waals surface area (Å²) in [5.41, 5.74) is 1.43. The maximum absolute atomic E-state index is 10.3. The van der Waals surface area contributed by atoms with Crippen molar-refractivity contribution in [2.45, 2.75) is 0 Å². The van der Waals surface area contributed by atoms with Crippen molar-refractivity contribution >= 4 is 23.4 Å². The second-order valence-electron chi connectivity index (χ2n) is 3.12. The van der Waals surface area contributed by atoms with E-state index in [9.17, 15) is 4.79 Å². The molecule has 2 heterocycles. The van der Waals surface area contributed by atoms with Crippen LogP contribution in [0.15, 0.2) is 23.7 Å². The molecular formula is C10H9N3O2S. The second kappa shape index (κ2) is 4.28. The molecule has 2 rings (SSSR count). The largest absolute Gasteiger partial charge is 0.478 e. The molecule has 1 N–H and O–H groups in total. The third-order valence-electron chi connectivity index (χ3n) is 1.85. The molecular weight excluding hydrogens is 226 g/mol. The van der Waals surface area contributed by atoms with E-state index in [1.807, 2.05) is 19.3 Å². The van der Waals surface area contributed by atoms with Gasteiger partial charge in [-0.1, -0.05) is 0 Å². The fraction of sp³-hybridized carbons (Fsp3) is 0.100. The number of aryl methyl sites for hydroxylation is 1. The third kappa shape index (κ3) is 2.34. The quantitative estimate of drug-likeness (QED) is 0.821. The molecule has 0 aromatic carbocycles. The van der Waals surface area contributed by atoms with Crippen LogP contribution in [0.2, 0.25) is 0 Å². The minimum atomic E-state index is -0.979. The third-order valence-corrected chi connectivity index (χ3v) is 2.73. The van der Waals surface area contributed by atoms with E-state index in [-0.39, 0.29) is 0 Å². The fourth-order valence-electron chi connectivity index (χ4n) is 1.17. The molecule has 0 aliphatic rings. The number of nitrogens with zero attached hydrogens (tertiary/aromatic N) is 3. The normalized spacial score (nSPS) is 11.1. The number of carboxylic acids is 1. The predicted octanol–water partition coefficient (Wildman–Crippen LogP) is 1.64. The van der Waals surface area contributed by atoms with Crippen LogP contribution >= 0.6 is 11.3 Å². The highest BCUT2D eigenvalue weighted by Crippen LogP contribution is 2.22. The van der Waals surface area contributed by atoms with Crippen LogP contribution in [0.3, 0.4) is 0 Å². The number of aromatic nitrogens is 3. The Balaban J connectivity index is 2.23. The second-order valence-corrected chi connectivity index (χ2v) is 3.98. The van der Waals surface area contributed by atoms with Crippen LogP contribution in [0.5, 0.6) is 0 Å². The van der Waals surface area contributed by atoms with Crippen LogP contribution < -0.4 is 0 Å². The summed E-state index contributed by atoms with van der Waals surface area (Å²) in [5.74, 6) is -0.979. The molecule has 0 fully saturated rings. The van der Waals surface area contributed by atoms with E-state index in [2.05, 4.69) is 10.1 Å². The Morgan fingerprint density at radius 1 is 1.62 bits per heavy atom. The van der Waals surface area contributed by atoms with Gasteiger partial charge in [-0.3, -0.25) is 4.68 Å². The molecule has 2 aromatic rings. The lowest BCUT2D eigenvalue weighted by Gasteiger charge is -1.87. The molecule has 0 bridgehead atoms. The topological polar surface area (TPSA) is 68.0 Å². The highest BCUT2D eigenvalue weighted by molar-refractivity contribution is 7.13. The number of thiazole rings is 1. The van der Waals surface area contributed by atoms with Gasteiger partial charge in [0.1, 0.15) is 10.7 Å². The lowest BCUT2D eigenvalue weighted by Crippen LogP contribution is -1.88. The molecule has 5 nitrogen and oxygen atoms in total. The van der Waals surface area contributed by atoms with E-state index in [0.717, 1.165) is 16.8 Å². The Morgan fingerprint density at radius 3 is 3.06 bits per heavy atom. The van der Waals surface area contributed by atoms with E-state index < -0.39 is 5.97 Å². The van der Waals surface area contributed by atoms with Crippen molar-refractivity contribution in [1.82, 2.24) is 14.8 Å². The van der Waals surface area contributed by atoms with Crippen molar-refractivity contribution in [1.29, 1.82) is 0 Å². The van der Waals surface area contributed by atoms with Crippen LogP contribution in [0, 0.1) is 0 Å². The summed E-state index contributed by atoms with van der Waals surface area (Å²) in [4.78, 5) is 14.6. The molecule has 6 heteroatoms. The van der Waals surface area contributed by atoms with Crippen molar-refractivity contribution in [2.24, 2.45) is 7.05 Å². The van der Waals surface area contributed by atoms with Gasteiger partial charge < -0.3 is 5.11 Å². The summed E-state index contributed by atoms with van der Waals surface area (Å²) in [5, 5.41) is 15.3. The molecule has 0 unspecified atom stereocenters. The van der Waals surface area contributed by atoms with Crippen LogP contribution in [0.4, 0.5) is 0 Å². The molecule has 0 radical (unpaired) electrons. The molecule has 16 heavy (non-hydrogen) atoms. The summed E-state index contributed by atoms with van der Waals surface area (Å²) >= 11 is 1.44. The highest BCUT2D eigenvalue weighted by atomic mass is 32.1. The summed E-state index contributed by atoms with van der Waals surface area (Å²) in [6.45, 7) is 0. The van der Waals surface area contributed by atoms with Gasteiger partial charge in [-0.15, -0.1) is 11.3 Å². The Labute approximate surface area is 95.7 Å². The van der Waals surface area contributed by atoms with Gasteiger partial charge in [-0.2, -0.15) is 5.10 Å². The first kappa shape index (κ1) is 10.6. The van der Waals surface area contributed by atoms with Crippen molar-refractivity contribution in [3.05, 3.63) is 29.4 Å². The summed E-state index contributed by atoms with van der Waals surface area (Å²) in [6.07, 6.45) is 4.37. The van der Waals surface area contributed by atoms with Crippen molar-refractivity contribution in [3.8, 4) is 10.7 Å². The van der Waals surface area contributed by atoms with Gasteiger partial charge in [0.15, 0.2) is 0 Å². The van der Waals surface area contributed by atoms with Crippen LogP contribution in [0.25, 0.3) is 16.8 Å². The average molecular weight is 235 g/mol. The van der Waals surface area contributed by atoms with Crippen molar-refractivity contribution < 1.29 is 9.90 Å². The molecule has 0 saturated heterocycles. The Bertz CT molecular complexity index is 542. The van der Waals surface area contributed by atoms with Gasteiger partial charge >= 0.3 is 5.97 Å². The lowest BCUT2D eigenvalue weighted by atomic mass is 10.4. The van der Waals surface area contributed by atoms with Crippen LogP contribution in [0.1, 0.15) is 5.69 Å². The molecule has 0 spiro atoms. The zero-order valence-electron chi connectivity index (χ0n) is 8.49. The Hall–Kier alpha value is -1.95. The maximum Gasteiger partial charge on any atom is 0.328 e.